The Morgan fingerprint density at radius 2 is 1.53 bits per heavy atom. The van der Waals surface area contributed by atoms with Gasteiger partial charge in [-0.2, -0.15) is 0 Å². The zero-order valence-corrected chi connectivity index (χ0v) is 9.97. The molecular weight excluding hydrogens is 234 g/mol. The molecule has 0 amide bonds. The van der Waals surface area contributed by atoms with Crippen molar-refractivity contribution in [1.29, 1.82) is 0 Å². The zero-order valence-electron chi connectivity index (χ0n) is 9.21. The van der Waals surface area contributed by atoms with E-state index in [-0.39, 0.29) is 5.88 Å². The third-order valence-electron chi connectivity index (χ3n) is 2.10. The van der Waals surface area contributed by atoms with Gasteiger partial charge in [-0.3, -0.25) is 0 Å². The average molecular weight is 246 g/mol. The molecule has 0 bridgehead atoms. The lowest BCUT2D eigenvalue weighted by atomic mass is 10.3. The smallest absolute Gasteiger partial charge is 0.210 e. The van der Waals surface area contributed by atoms with Crippen molar-refractivity contribution >= 4 is 23.2 Å². The maximum absolute atomic E-state index is 5.81. The van der Waals surface area contributed by atoms with Crippen molar-refractivity contribution in [2.75, 3.05) is 5.88 Å². The summed E-state index contributed by atoms with van der Waals surface area (Å²) >= 11 is 5.81. The Bertz CT molecular complexity index is 482. The lowest BCUT2D eigenvalue weighted by Gasteiger charge is -2.05. The molecule has 0 aromatic heterocycles. The summed E-state index contributed by atoms with van der Waals surface area (Å²) in [6, 6.07) is 19.1. The van der Waals surface area contributed by atoms with Gasteiger partial charge in [0.05, 0.1) is 11.6 Å². The van der Waals surface area contributed by atoms with Crippen LogP contribution in [0.1, 0.15) is 0 Å². The molecule has 0 unspecified atom stereocenters. The van der Waals surface area contributed by atoms with Crippen LogP contribution in [0.25, 0.3) is 0 Å². The summed E-state index contributed by atoms with van der Waals surface area (Å²) in [6.45, 7) is 0. The zero-order chi connectivity index (χ0) is 11.9. The minimum atomic E-state index is 0.240. The van der Waals surface area contributed by atoms with Crippen LogP contribution >= 0.6 is 11.6 Å². The standard InChI is InChI=1S/C14H12ClNO/c15-11-14(16-12-7-3-1-4-8-12)17-13-9-5-2-6-10-13/h1-10H,11H2. The molecule has 2 aromatic carbocycles. The van der Waals surface area contributed by atoms with E-state index in [1.807, 2.05) is 60.7 Å². The van der Waals surface area contributed by atoms with Crippen molar-refractivity contribution in [3.8, 4) is 5.75 Å². The number of hydrogen-bond donors (Lipinski definition) is 0. The number of benzene rings is 2. The molecule has 2 aromatic rings. The molecule has 0 radical (unpaired) electrons. The first kappa shape index (κ1) is 11.7. The third kappa shape index (κ3) is 3.61. The van der Waals surface area contributed by atoms with Crippen molar-refractivity contribution in [1.82, 2.24) is 0 Å². The highest BCUT2D eigenvalue weighted by Gasteiger charge is 2.01. The van der Waals surface area contributed by atoms with Gasteiger partial charge >= 0.3 is 0 Å². The summed E-state index contributed by atoms with van der Waals surface area (Å²) in [5, 5.41) is 0. The van der Waals surface area contributed by atoms with Gasteiger partial charge in [0.2, 0.25) is 5.90 Å². The molecule has 86 valence electrons. The topological polar surface area (TPSA) is 21.6 Å². The quantitative estimate of drug-likeness (QED) is 0.454. The van der Waals surface area contributed by atoms with Crippen molar-refractivity contribution in [2.45, 2.75) is 0 Å². The van der Waals surface area contributed by atoms with Crippen LogP contribution in [-0.4, -0.2) is 11.8 Å². The Hall–Kier alpha value is -1.80. The average Bonchev–Trinajstić information content (AvgIpc) is 2.40. The van der Waals surface area contributed by atoms with Gasteiger partial charge in [0, 0.05) is 0 Å². The summed E-state index contributed by atoms with van der Waals surface area (Å²) in [4.78, 5) is 4.33. The number of nitrogens with zero attached hydrogens (tertiary/aromatic N) is 1. The molecule has 0 aliphatic carbocycles. The van der Waals surface area contributed by atoms with Crippen LogP contribution in [0.4, 0.5) is 5.69 Å². The molecular formula is C14H12ClNO. The monoisotopic (exact) mass is 245 g/mol. The number of hydrogen-bond acceptors (Lipinski definition) is 2. The number of halogens is 1. The molecule has 17 heavy (non-hydrogen) atoms. The van der Waals surface area contributed by atoms with Gasteiger partial charge < -0.3 is 4.74 Å². The molecule has 0 heterocycles. The largest absolute Gasteiger partial charge is 0.442 e. The minimum Gasteiger partial charge on any atom is -0.442 e. The second kappa shape index (κ2) is 6.06. The van der Waals surface area contributed by atoms with Gasteiger partial charge in [-0.25, -0.2) is 4.99 Å². The van der Waals surface area contributed by atoms with Crippen LogP contribution in [0.5, 0.6) is 5.75 Å². The highest BCUT2D eigenvalue weighted by atomic mass is 35.5. The highest BCUT2D eigenvalue weighted by molar-refractivity contribution is 6.27. The van der Waals surface area contributed by atoms with E-state index < -0.39 is 0 Å². The Balaban J connectivity index is 2.15. The molecule has 3 heteroatoms. The van der Waals surface area contributed by atoms with E-state index in [4.69, 9.17) is 16.3 Å². The first-order chi connectivity index (χ1) is 8.38. The van der Waals surface area contributed by atoms with Crippen molar-refractivity contribution in [3.63, 3.8) is 0 Å². The first-order valence-electron chi connectivity index (χ1n) is 5.30. The lowest BCUT2D eigenvalue weighted by Crippen LogP contribution is -2.09. The first-order valence-corrected chi connectivity index (χ1v) is 5.83. The van der Waals surface area contributed by atoms with E-state index in [0.717, 1.165) is 11.4 Å². The van der Waals surface area contributed by atoms with Gasteiger partial charge in [0.15, 0.2) is 0 Å². The Kier molecular flexibility index (Phi) is 4.17. The number of para-hydroxylation sites is 2. The second-order valence-corrected chi connectivity index (χ2v) is 3.66. The molecule has 0 atom stereocenters. The number of rotatable bonds is 3. The third-order valence-corrected chi connectivity index (χ3v) is 2.33. The fraction of sp³-hybridized carbons (Fsp3) is 0.0714. The van der Waals surface area contributed by atoms with Gasteiger partial charge in [0.1, 0.15) is 5.75 Å². The van der Waals surface area contributed by atoms with Gasteiger partial charge in [0.25, 0.3) is 0 Å². The van der Waals surface area contributed by atoms with Crippen molar-refractivity contribution in [2.24, 2.45) is 4.99 Å². The Morgan fingerprint density at radius 3 is 2.12 bits per heavy atom. The van der Waals surface area contributed by atoms with E-state index in [0.29, 0.717) is 5.90 Å². The molecule has 0 saturated carbocycles. The fourth-order valence-corrected chi connectivity index (χ4v) is 1.47. The molecule has 0 spiro atoms. The maximum Gasteiger partial charge on any atom is 0.210 e. The van der Waals surface area contributed by atoms with E-state index in [1.54, 1.807) is 0 Å². The summed E-state index contributed by atoms with van der Waals surface area (Å²) in [5.41, 5.74) is 0.832. The summed E-state index contributed by atoms with van der Waals surface area (Å²) in [5.74, 6) is 1.47. The van der Waals surface area contributed by atoms with Gasteiger partial charge in [-0.05, 0) is 24.3 Å². The van der Waals surface area contributed by atoms with Crippen LogP contribution in [-0.2, 0) is 0 Å². The highest BCUT2D eigenvalue weighted by Crippen LogP contribution is 2.14. The Labute approximate surface area is 106 Å². The molecule has 2 rings (SSSR count). The van der Waals surface area contributed by atoms with Crippen LogP contribution in [0.2, 0.25) is 0 Å². The van der Waals surface area contributed by atoms with Crippen LogP contribution in [0, 0.1) is 0 Å². The molecule has 2 nitrogen and oxygen atoms in total. The van der Waals surface area contributed by atoms with Gasteiger partial charge in [-0.1, -0.05) is 36.4 Å². The molecule has 0 saturated heterocycles. The normalized spacial score (nSPS) is 11.2. The summed E-state index contributed by atoms with van der Waals surface area (Å²) < 4.78 is 5.59. The number of alkyl halides is 1. The van der Waals surface area contributed by atoms with E-state index in [2.05, 4.69) is 4.99 Å². The predicted molar refractivity (Wildman–Crippen MR) is 71.3 cm³/mol. The maximum atomic E-state index is 5.81. The Morgan fingerprint density at radius 1 is 0.941 bits per heavy atom. The predicted octanol–water partition coefficient (Wildman–Crippen LogP) is 4.03. The van der Waals surface area contributed by atoms with E-state index in [1.165, 1.54) is 0 Å². The van der Waals surface area contributed by atoms with E-state index in [9.17, 15) is 0 Å². The summed E-state index contributed by atoms with van der Waals surface area (Å²) in [7, 11) is 0. The molecule has 0 fully saturated rings. The summed E-state index contributed by atoms with van der Waals surface area (Å²) in [6.07, 6.45) is 0. The fourth-order valence-electron chi connectivity index (χ4n) is 1.35. The van der Waals surface area contributed by atoms with Crippen molar-refractivity contribution in [3.05, 3.63) is 60.7 Å². The number of ether oxygens (including phenoxy) is 1. The van der Waals surface area contributed by atoms with Crippen LogP contribution in [0.15, 0.2) is 65.7 Å². The van der Waals surface area contributed by atoms with Gasteiger partial charge in [-0.15, -0.1) is 11.6 Å². The van der Waals surface area contributed by atoms with Crippen LogP contribution < -0.4 is 4.74 Å². The van der Waals surface area contributed by atoms with Crippen molar-refractivity contribution < 1.29 is 4.74 Å². The molecule has 0 aliphatic rings. The molecule has 0 N–H and O–H groups in total. The van der Waals surface area contributed by atoms with Crippen LogP contribution in [0.3, 0.4) is 0 Å². The lowest BCUT2D eigenvalue weighted by molar-refractivity contribution is 0.548. The molecule has 0 aliphatic heterocycles. The SMILES string of the molecule is ClCC(=Nc1ccccc1)Oc1ccccc1. The number of aliphatic imine (C=N–C) groups is 1. The minimum absolute atomic E-state index is 0.240. The second-order valence-electron chi connectivity index (χ2n) is 3.39. The van der Waals surface area contributed by atoms with E-state index >= 15 is 0 Å².